The molecule has 0 saturated carbocycles. The number of methoxy groups -OCH3 is 1. The lowest BCUT2D eigenvalue weighted by molar-refractivity contribution is -0.115. The van der Waals surface area contributed by atoms with Gasteiger partial charge in [-0.1, -0.05) is 18.2 Å². The molecule has 0 aromatic heterocycles. The summed E-state index contributed by atoms with van der Waals surface area (Å²) >= 11 is 0. The van der Waals surface area contributed by atoms with Gasteiger partial charge in [0.25, 0.3) is 0 Å². The Labute approximate surface area is 112 Å². The van der Waals surface area contributed by atoms with Gasteiger partial charge in [0.05, 0.1) is 13.5 Å². The molecule has 4 nitrogen and oxygen atoms in total. The van der Waals surface area contributed by atoms with Crippen molar-refractivity contribution in [3.8, 4) is 5.75 Å². The van der Waals surface area contributed by atoms with Gasteiger partial charge in [0.2, 0.25) is 5.91 Å². The first-order chi connectivity index (χ1) is 9.17. The topological polar surface area (TPSA) is 64.3 Å². The first-order valence-electron chi connectivity index (χ1n) is 5.96. The first-order valence-corrected chi connectivity index (χ1v) is 5.96. The Morgan fingerprint density at radius 3 is 2.74 bits per heavy atom. The second-order valence-electron chi connectivity index (χ2n) is 4.20. The van der Waals surface area contributed by atoms with E-state index in [1.165, 1.54) is 0 Å². The van der Waals surface area contributed by atoms with Crippen molar-refractivity contribution < 1.29 is 9.53 Å². The molecule has 0 heterocycles. The maximum atomic E-state index is 11.9. The highest BCUT2D eigenvalue weighted by molar-refractivity contribution is 5.92. The number of benzene rings is 2. The largest absolute Gasteiger partial charge is 0.497 e. The second kappa shape index (κ2) is 5.91. The molecule has 0 bridgehead atoms. The van der Waals surface area contributed by atoms with E-state index in [0.717, 1.165) is 11.3 Å². The molecule has 2 aromatic rings. The average Bonchev–Trinajstić information content (AvgIpc) is 2.38. The molecular weight excluding hydrogens is 240 g/mol. The number of nitrogens with two attached hydrogens (primary N) is 1. The van der Waals surface area contributed by atoms with Crippen LogP contribution in [0, 0.1) is 0 Å². The fourth-order valence-electron chi connectivity index (χ4n) is 1.79. The van der Waals surface area contributed by atoms with Crippen LogP contribution in [-0.2, 0) is 11.2 Å². The van der Waals surface area contributed by atoms with Crippen molar-refractivity contribution in [2.24, 2.45) is 0 Å². The lowest BCUT2D eigenvalue weighted by atomic mass is 10.1. The highest BCUT2D eigenvalue weighted by atomic mass is 16.5. The van der Waals surface area contributed by atoms with Gasteiger partial charge >= 0.3 is 0 Å². The van der Waals surface area contributed by atoms with Gasteiger partial charge in [-0.25, -0.2) is 0 Å². The molecule has 2 rings (SSSR count). The zero-order valence-corrected chi connectivity index (χ0v) is 10.7. The van der Waals surface area contributed by atoms with Crippen molar-refractivity contribution in [2.75, 3.05) is 18.2 Å². The minimum atomic E-state index is -0.0844. The Morgan fingerprint density at radius 1 is 1.21 bits per heavy atom. The maximum absolute atomic E-state index is 11.9. The van der Waals surface area contributed by atoms with E-state index in [4.69, 9.17) is 10.5 Å². The van der Waals surface area contributed by atoms with E-state index in [1.54, 1.807) is 31.4 Å². The van der Waals surface area contributed by atoms with Crippen LogP contribution in [-0.4, -0.2) is 13.0 Å². The Hall–Kier alpha value is -2.49. The molecule has 0 aliphatic rings. The molecule has 0 fully saturated rings. The quantitative estimate of drug-likeness (QED) is 0.826. The normalized spacial score (nSPS) is 9.95. The molecule has 0 aliphatic carbocycles. The maximum Gasteiger partial charge on any atom is 0.228 e. The summed E-state index contributed by atoms with van der Waals surface area (Å²) in [7, 11) is 1.60. The minimum absolute atomic E-state index is 0.0844. The van der Waals surface area contributed by atoms with Crippen LogP contribution < -0.4 is 15.8 Å². The van der Waals surface area contributed by atoms with Crippen molar-refractivity contribution in [1.29, 1.82) is 0 Å². The van der Waals surface area contributed by atoms with E-state index in [9.17, 15) is 4.79 Å². The van der Waals surface area contributed by atoms with Crippen LogP contribution in [0.3, 0.4) is 0 Å². The Kier molecular flexibility index (Phi) is 4.03. The predicted octanol–water partition coefficient (Wildman–Crippen LogP) is 2.46. The van der Waals surface area contributed by atoms with Gasteiger partial charge in [0.1, 0.15) is 5.75 Å². The number of hydrogen-bond acceptors (Lipinski definition) is 3. The summed E-state index contributed by atoms with van der Waals surface area (Å²) in [5.41, 5.74) is 7.89. The number of ether oxygens (including phenoxy) is 1. The van der Waals surface area contributed by atoms with E-state index < -0.39 is 0 Å². The predicted molar refractivity (Wildman–Crippen MR) is 76.2 cm³/mol. The van der Waals surface area contributed by atoms with E-state index in [0.29, 0.717) is 17.8 Å². The summed E-state index contributed by atoms with van der Waals surface area (Å²) in [6.45, 7) is 0. The fraction of sp³-hybridized carbons (Fsp3) is 0.133. The molecule has 4 heteroatoms. The van der Waals surface area contributed by atoms with Gasteiger partial charge < -0.3 is 15.8 Å². The number of nitrogens with one attached hydrogen (secondary N) is 1. The Morgan fingerprint density at radius 2 is 2.00 bits per heavy atom. The van der Waals surface area contributed by atoms with Crippen LogP contribution >= 0.6 is 0 Å². The molecule has 0 radical (unpaired) electrons. The highest BCUT2D eigenvalue weighted by Gasteiger charge is 2.05. The molecule has 3 N–H and O–H groups in total. The van der Waals surface area contributed by atoms with E-state index in [1.807, 2.05) is 24.3 Å². The van der Waals surface area contributed by atoms with Crippen molar-refractivity contribution in [1.82, 2.24) is 0 Å². The minimum Gasteiger partial charge on any atom is -0.497 e. The summed E-state index contributed by atoms with van der Waals surface area (Å²) in [5.74, 6) is 0.660. The summed E-state index contributed by atoms with van der Waals surface area (Å²) in [6, 6.07) is 14.6. The van der Waals surface area contributed by atoms with Gasteiger partial charge in [-0.3, -0.25) is 4.79 Å². The van der Waals surface area contributed by atoms with Gasteiger partial charge in [0.15, 0.2) is 0 Å². The smallest absolute Gasteiger partial charge is 0.228 e. The number of rotatable bonds is 4. The van der Waals surface area contributed by atoms with E-state index in [2.05, 4.69) is 5.32 Å². The van der Waals surface area contributed by atoms with Crippen molar-refractivity contribution in [2.45, 2.75) is 6.42 Å². The number of carbonyl (C=O) groups is 1. The number of carbonyl (C=O) groups excluding carboxylic acids is 1. The monoisotopic (exact) mass is 256 g/mol. The molecule has 0 spiro atoms. The lowest BCUT2D eigenvalue weighted by Crippen LogP contribution is -2.14. The molecule has 0 saturated heterocycles. The van der Waals surface area contributed by atoms with Crippen molar-refractivity contribution >= 4 is 17.3 Å². The lowest BCUT2D eigenvalue weighted by Gasteiger charge is -2.07. The standard InChI is InChI=1S/C15H16N2O2/c1-19-14-7-2-4-11(8-14)9-15(18)17-13-6-3-5-12(16)10-13/h2-8,10H,9,16H2,1H3,(H,17,18). The summed E-state index contributed by atoms with van der Waals surface area (Å²) in [5, 5.41) is 2.81. The fourth-order valence-corrected chi connectivity index (χ4v) is 1.79. The van der Waals surface area contributed by atoms with Crippen LogP contribution in [0.25, 0.3) is 0 Å². The van der Waals surface area contributed by atoms with Crippen molar-refractivity contribution in [3.05, 3.63) is 54.1 Å². The Balaban J connectivity index is 2.01. The molecule has 19 heavy (non-hydrogen) atoms. The third-order valence-corrected chi connectivity index (χ3v) is 2.67. The average molecular weight is 256 g/mol. The van der Waals surface area contributed by atoms with Crippen LogP contribution in [0.4, 0.5) is 11.4 Å². The molecule has 0 atom stereocenters. The van der Waals surface area contributed by atoms with Crippen LogP contribution in [0.2, 0.25) is 0 Å². The van der Waals surface area contributed by atoms with Crippen LogP contribution in [0.1, 0.15) is 5.56 Å². The molecular formula is C15H16N2O2. The summed E-state index contributed by atoms with van der Waals surface area (Å²) in [6.07, 6.45) is 0.298. The first kappa shape index (κ1) is 13.0. The number of amides is 1. The van der Waals surface area contributed by atoms with Crippen LogP contribution in [0.5, 0.6) is 5.75 Å². The summed E-state index contributed by atoms with van der Waals surface area (Å²) in [4.78, 5) is 11.9. The van der Waals surface area contributed by atoms with Gasteiger partial charge in [0, 0.05) is 11.4 Å². The van der Waals surface area contributed by atoms with Crippen molar-refractivity contribution in [3.63, 3.8) is 0 Å². The van der Waals surface area contributed by atoms with Gasteiger partial charge in [-0.15, -0.1) is 0 Å². The highest BCUT2D eigenvalue weighted by Crippen LogP contribution is 2.15. The van der Waals surface area contributed by atoms with E-state index >= 15 is 0 Å². The Bertz CT molecular complexity index is 582. The van der Waals surface area contributed by atoms with Crippen LogP contribution in [0.15, 0.2) is 48.5 Å². The second-order valence-corrected chi connectivity index (χ2v) is 4.20. The molecule has 1 amide bonds. The van der Waals surface area contributed by atoms with Gasteiger partial charge in [-0.05, 0) is 35.9 Å². The zero-order chi connectivity index (χ0) is 13.7. The summed E-state index contributed by atoms with van der Waals surface area (Å²) < 4.78 is 5.12. The SMILES string of the molecule is COc1cccc(CC(=O)Nc2cccc(N)c2)c1. The number of hydrogen-bond donors (Lipinski definition) is 2. The van der Waals surface area contributed by atoms with E-state index in [-0.39, 0.29) is 5.91 Å². The molecule has 0 aliphatic heterocycles. The third kappa shape index (κ3) is 3.74. The number of nitrogen functional groups attached to an aromatic ring is 1. The molecule has 0 unspecified atom stereocenters. The number of anilines is 2. The zero-order valence-electron chi connectivity index (χ0n) is 10.7. The molecule has 98 valence electrons. The molecule has 2 aromatic carbocycles. The van der Waals surface area contributed by atoms with Gasteiger partial charge in [-0.2, -0.15) is 0 Å². The third-order valence-electron chi connectivity index (χ3n) is 2.67.